The summed E-state index contributed by atoms with van der Waals surface area (Å²) < 4.78 is 0. The molecule has 0 atom stereocenters. The zero-order chi connectivity index (χ0) is 17.3. The molecule has 0 unspecified atom stereocenters. The average molecular weight is 504 g/mol. The monoisotopic (exact) mass is 504 g/mol. The topological polar surface area (TPSA) is 50.2 Å². The van der Waals surface area contributed by atoms with E-state index in [1.54, 1.807) is 0 Å². The van der Waals surface area contributed by atoms with E-state index in [2.05, 4.69) is 63.9 Å². The molecule has 0 fully saturated rings. The van der Waals surface area contributed by atoms with Crippen LogP contribution in [0.5, 0.6) is 0 Å². The molecule has 1 aliphatic rings. The Bertz CT molecular complexity index is 668. The van der Waals surface area contributed by atoms with Gasteiger partial charge in [0.2, 0.25) is 0 Å². The molecule has 0 spiro atoms. The van der Waals surface area contributed by atoms with Gasteiger partial charge < -0.3 is 17.0 Å². The van der Waals surface area contributed by atoms with Gasteiger partial charge in [0.1, 0.15) is 0 Å². The number of carboxylic acids is 1. The van der Waals surface area contributed by atoms with E-state index in [0.717, 1.165) is 11.3 Å². The van der Waals surface area contributed by atoms with E-state index in [0.29, 0.717) is 0 Å². The Hall–Kier alpha value is -1.47. The fourth-order valence-corrected chi connectivity index (χ4v) is 2.94. The van der Waals surface area contributed by atoms with Crippen molar-refractivity contribution >= 4 is 5.97 Å². The van der Waals surface area contributed by atoms with Crippen molar-refractivity contribution in [3.63, 3.8) is 0 Å². The van der Waals surface area contributed by atoms with Gasteiger partial charge in [-0.05, 0) is 22.6 Å². The Morgan fingerprint density at radius 3 is 2.29 bits per heavy atom. The maximum absolute atomic E-state index is 9.31. The van der Waals surface area contributed by atoms with E-state index >= 15 is 0 Å². The van der Waals surface area contributed by atoms with Crippen LogP contribution < -0.4 is 0 Å². The van der Waals surface area contributed by atoms with Gasteiger partial charge in [-0.1, -0.05) is 45.7 Å². The van der Waals surface area contributed by atoms with Gasteiger partial charge in [0, 0.05) is 6.20 Å². The Kier molecular flexibility index (Phi) is 6.52. The normalized spacial score (nSPS) is 15.7. The van der Waals surface area contributed by atoms with Crippen LogP contribution in [0.15, 0.2) is 36.5 Å². The fourth-order valence-electron chi connectivity index (χ4n) is 2.94. The summed E-state index contributed by atoms with van der Waals surface area (Å²) in [6, 6.07) is 13.9. The van der Waals surface area contributed by atoms with Crippen LogP contribution in [-0.2, 0) is 36.7 Å². The zero-order valence-electron chi connectivity index (χ0n) is 14.5. The molecule has 130 valence electrons. The third-order valence-corrected chi connectivity index (χ3v) is 5.02. The summed E-state index contributed by atoms with van der Waals surface area (Å²) in [5.41, 5.74) is 5.08. The number of hydrogen-bond donors (Lipinski definition) is 1. The van der Waals surface area contributed by atoms with Gasteiger partial charge in [0.25, 0.3) is 5.97 Å². The number of carbonyl (C=O) groups is 1. The van der Waals surface area contributed by atoms with Crippen molar-refractivity contribution in [2.75, 3.05) is 0 Å². The van der Waals surface area contributed by atoms with E-state index in [1.165, 1.54) is 11.1 Å². The number of aromatic nitrogens is 1. The minimum absolute atomic E-state index is 0. The summed E-state index contributed by atoms with van der Waals surface area (Å²) in [5, 5.41) is 7.66. The molecule has 3 nitrogen and oxygen atoms in total. The molecule has 0 saturated heterocycles. The molecule has 1 heterocycles. The predicted molar refractivity (Wildman–Crippen MR) is 92.2 cm³/mol. The Labute approximate surface area is 158 Å². The van der Waals surface area contributed by atoms with Gasteiger partial charge in [-0.25, -0.2) is 0 Å². The number of hydrogen-bond acceptors (Lipinski definition) is 2. The molecule has 0 saturated carbocycles. The van der Waals surface area contributed by atoms with Crippen molar-refractivity contribution < 1.29 is 31.0 Å². The van der Waals surface area contributed by atoms with Crippen molar-refractivity contribution in [2.24, 2.45) is 0 Å². The quantitative estimate of drug-likeness (QED) is 0.586. The minimum Gasteiger partial charge on any atom is -0.483 e. The van der Waals surface area contributed by atoms with Gasteiger partial charge in [-0.2, -0.15) is 0 Å². The molecule has 0 bridgehead atoms. The summed E-state index contributed by atoms with van der Waals surface area (Å²) in [5.74, 6) is -0.856. The van der Waals surface area contributed by atoms with Gasteiger partial charge >= 0.3 is 21.1 Å². The molecule has 2 aromatic rings. The average Bonchev–Trinajstić information content (AvgIpc) is 2.54. The van der Waals surface area contributed by atoms with Crippen molar-refractivity contribution in [1.82, 2.24) is 4.98 Å². The van der Waals surface area contributed by atoms with Gasteiger partial charge in [-0.15, -0.1) is 35.4 Å². The summed E-state index contributed by atoms with van der Waals surface area (Å²) in [6.45, 7) is 12.3. The van der Waals surface area contributed by atoms with Crippen molar-refractivity contribution in [1.29, 1.82) is 0 Å². The van der Waals surface area contributed by atoms with Crippen molar-refractivity contribution in [3.05, 3.63) is 60.6 Å². The molecule has 4 heteroatoms. The number of nitrogens with zero attached hydrogens (tertiary/aromatic N) is 1. The second kappa shape index (κ2) is 7.61. The largest absolute Gasteiger partial charge is 2.00 e. The Morgan fingerprint density at radius 2 is 1.71 bits per heavy atom. The van der Waals surface area contributed by atoms with Crippen LogP contribution in [0.4, 0.5) is 0 Å². The Morgan fingerprint density at radius 1 is 1.17 bits per heavy atom. The third kappa shape index (κ3) is 3.47. The maximum atomic E-state index is 9.31. The molecular formula is C20H23NO2Pt. The molecular weight excluding hydrogens is 481 g/mol. The molecule has 0 amide bonds. The molecule has 1 aliphatic carbocycles. The first kappa shape index (κ1) is 20.6. The SMILES string of the molecule is CC1(C)c2ccc[c-]c2-c2ncccc2C1(C)C.[CH2-]CC(=O)O.[Pt+2]. The fraction of sp³-hybridized carbons (Fsp3) is 0.350. The second-order valence-corrected chi connectivity index (χ2v) is 6.75. The Balaban J connectivity index is 0.000000425. The number of benzene rings is 1. The minimum atomic E-state index is -0.856. The molecule has 0 radical (unpaired) electrons. The maximum Gasteiger partial charge on any atom is 2.00 e. The molecule has 1 N–H and O–H groups in total. The van der Waals surface area contributed by atoms with E-state index < -0.39 is 5.97 Å². The van der Waals surface area contributed by atoms with Gasteiger partial charge in [0.15, 0.2) is 0 Å². The molecule has 24 heavy (non-hydrogen) atoms. The van der Waals surface area contributed by atoms with Gasteiger partial charge in [0.05, 0.1) is 0 Å². The first-order valence-electron chi connectivity index (χ1n) is 7.71. The van der Waals surface area contributed by atoms with Crippen LogP contribution in [-0.4, -0.2) is 16.1 Å². The van der Waals surface area contributed by atoms with Crippen LogP contribution in [0, 0.1) is 13.0 Å². The van der Waals surface area contributed by atoms with Crippen LogP contribution >= 0.6 is 0 Å². The van der Waals surface area contributed by atoms with E-state index in [9.17, 15) is 4.79 Å². The van der Waals surface area contributed by atoms with Crippen molar-refractivity contribution in [3.8, 4) is 11.3 Å². The van der Waals surface area contributed by atoms with Crippen LogP contribution in [0.25, 0.3) is 11.3 Å². The molecule has 3 rings (SSSR count). The number of rotatable bonds is 1. The first-order valence-corrected chi connectivity index (χ1v) is 7.71. The molecule has 1 aromatic carbocycles. The van der Waals surface area contributed by atoms with Crippen LogP contribution in [0.1, 0.15) is 45.2 Å². The smallest absolute Gasteiger partial charge is 0.483 e. The first-order chi connectivity index (χ1) is 10.7. The zero-order valence-corrected chi connectivity index (χ0v) is 16.8. The number of carboxylic acid groups (broad SMARTS) is 1. The van der Waals surface area contributed by atoms with Crippen LogP contribution in [0.3, 0.4) is 0 Å². The van der Waals surface area contributed by atoms with E-state index in [1.807, 2.05) is 18.3 Å². The predicted octanol–water partition coefficient (Wildman–Crippen LogP) is 4.41. The number of aliphatic carboxylic acids is 1. The molecule has 1 aromatic heterocycles. The number of pyridine rings is 1. The van der Waals surface area contributed by atoms with Crippen LogP contribution in [0.2, 0.25) is 0 Å². The van der Waals surface area contributed by atoms with E-state index in [4.69, 9.17) is 5.11 Å². The summed E-state index contributed by atoms with van der Waals surface area (Å²) in [4.78, 5) is 13.9. The summed E-state index contributed by atoms with van der Waals surface area (Å²) in [7, 11) is 0. The molecule has 0 aliphatic heterocycles. The second-order valence-electron chi connectivity index (χ2n) is 6.75. The standard InChI is InChI=1S/C17H18N.C3H5O2.Pt/c1-16(2)13-9-6-5-8-12(13)15-14(17(16,3)4)10-7-11-18-15;1-2-3(4)5;/h5-7,9-11H,1-4H3;1-2H2,(H,4,5);/q2*-1;+2. The summed E-state index contributed by atoms with van der Waals surface area (Å²) in [6.07, 6.45) is 1.85. The van der Waals surface area contributed by atoms with Crippen molar-refractivity contribution in [2.45, 2.75) is 44.9 Å². The summed E-state index contributed by atoms with van der Waals surface area (Å²) >= 11 is 0. The van der Waals surface area contributed by atoms with E-state index in [-0.39, 0.29) is 38.3 Å². The third-order valence-electron chi connectivity index (χ3n) is 5.02. The van der Waals surface area contributed by atoms with Gasteiger partial charge in [-0.3, -0.25) is 4.79 Å². The number of fused-ring (bicyclic) bond motifs is 3.